The van der Waals surface area contributed by atoms with Gasteiger partial charge in [0.05, 0.1) is 0 Å². The lowest BCUT2D eigenvalue weighted by Gasteiger charge is -2.33. The molecule has 1 unspecified atom stereocenters. The average molecular weight is 429 g/mol. The Labute approximate surface area is 140 Å². The van der Waals surface area contributed by atoms with Crippen molar-refractivity contribution in [3.05, 3.63) is 0 Å². The third-order valence-corrected chi connectivity index (χ3v) is 2.95. The van der Waals surface area contributed by atoms with Crippen LogP contribution in [0.2, 0.25) is 0 Å². The molecule has 1 rings (SSSR count). The normalized spacial score (nSPS) is 20.2. The number of hydrogen-bond acceptors (Lipinski definition) is 8. The van der Waals surface area contributed by atoms with E-state index in [1.165, 1.54) is 0 Å². The number of carbonyl (C=O) groups is 4. The molecule has 0 aromatic carbocycles. The van der Waals surface area contributed by atoms with Gasteiger partial charge in [0.25, 0.3) is 0 Å². The van der Waals surface area contributed by atoms with Gasteiger partial charge in [0, 0.05) is 13.8 Å². The minimum absolute atomic E-state index is 0.615. The summed E-state index contributed by atoms with van der Waals surface area (Å²) in [7, 11) is 0. The molecule has 1 fully saturated rings. The van der Waals surface area contributed by atoms with Crippen molar-refractivity contribution in [3.8, 4) is 0 Å². The molecule has 1 saturated heterocycles. The van der Waals surface area contributed by atoms with Crippen molar-refractivity contribution >= 4 is 46.6 Å². The fourth-order valence-electron chi connectivity index (χ4n) is 1.55. The number of halogens is 1. The second-order valence-electron chi connectivity index (χ2n) is 5.32. The Morgan fingerprint density at radius 3 is 2.00 bits per heavy atom. The van der Waals surface area contributed by atoms with Crippen molar-refractivity contribution in [3.63, 3.8) is 0 Å². The van der Waals surface area contributed by atoms with Crippen molar-refractivity contribution in [2.45, 2.75) is 50.4 Å². The number of hydrogen-bond donors (Lipinski definition) is 0. The van der Waals surface area contributed by atoms with Gasteiger partial charge in [0.1, 0.15) is 5.60 Å². The SMILES string of the molecule is CC(=O)OC1(OC(C)=O)C(=O)OC(I)N1C(=O)OC(C)(C)C. The summed E-state index contributed by atoms with van der Waals surface area (Å²) < 4.78 is 18.4. The topological polar surface area (TPSA) is 108 Å². The summed E-state index contributed by atoms with van der Waals surface area (Å²) in [6.07, 6.45) is -1.04. The van der Waals surface area contributed by atoms with Crippen LogP contribution in [0, 0.1) is 0 Å². The van der Waals surface area contributed by atoms with Crippen LogP contribution in [-0.4, -0.2) is 44.6 Å². The van der Waals surface area contributed by atoms with E-state index in [1.807, 2.05) is 0 Å². The minimum Gasteiger partial charge on any atom is -0.443 e. The van der Waals surface area contributed by atoms with Crippen molar-refractivity contribution in [1.29, 1.82) is 0 Å². The largest absolute Gasteiger partial charge is 0.455 e. The fraction of sp³-hybridized carbons (Fsp3) is 0.667. The van der Waals surface area contributed by atoms with Gasteiger partial charge in [-0.15, -0.1) is 0 Å². The maximum Gasteiger partial charge on any atom is 0.455 e. The van der Waals surface area contributed by atoms with Crippen LogP contribution in [0.25, 0.3) is 0 Å². The Kier molecular flexibility index (Phi) is 5.25. The van der Waals surface area contributed by atoms with Gasteiger partial charge < -0.3 is 18.9 Å². The molecule has 0 aliphatic carbocycles. The number of ether oxygens (including phenoxy) is 4. The van der Waals surface area contributed by atoms with Gasteiger partial charge in [-0.2, -0.15) is 4.90 Å². The van der Waals surface area contributed by atoms with Crippen LogP contribution >= 0.6 is 22.6 Å². The Morgan fingerprint density at radius 1 is 1.18 bits per heavy atom. The number of nitrogens with zero attached hydrogens (tertiary/aromatic N) is 1. The van der Waals surface area contributed by atoms with E-state index in [0.717, 1.165) is 13.8 Å². The standard InChI is InChI=1S/C12H16INO8/c1-6(15)20-12(21-7(2)16)8(17)19-9(13)14(12)10(18)22-11(3,4)5/h9H,1-5H3. The summed E-state index contributed by atoms with van der Waals surface area (Å²) in [4.78, 5) is 47.5. The van der Waals surface area contributed by atoms with E-state index >= 15 is 0 Å². The molecule has 1 atom stereocenters. The van der Waals surface area contributed by atoms with Crippen LogP contribution < -0.4 is 0 Å². The molecule has 0 aromatic heterocycles. The number of rotatable bonds is 2. The highest BCUT2D eigenvalue weighted by atomic mass is 127. The van der Waals surface area contributed by atoms with Gasteiger partial charge >= 0.3 is 29.9 Å². The summed E-state index contributed by atoms with van der Waals surface area (Å²) in [5.74, 6) is -5.73. The molecule has 1 aliphatic heterocycles. The van der Waals surface area contributed by atoms with Gasteiger partial charge in [0.2, 0.25) is 4.23 Å². The monoisotopic (exact) mass is 429 g/mol. The van der Waals surface area contributed by atoms with Gasteiger partial charge in [-0.05, 0) is 43.4 Å². The highest BCUT2D eigenvalue weighted by molar-refractivity contribution is 14.1. The van der Waals surface area contributed by atoms with Crippen LogP contribution in [0.1, 0.15) is 34.6 Å². The molecule has 10 heteroatoms. The predicted molar refractivity (Wildman–Crippen MR) is 78.2 cm³/mol. The Hall–Kier alpha value is -1.59. The molecular weight excluding hydrogens is 413 g/mol. The predicted octanol–water partition coefficient (Wildman–Crippen LogP) is 1.28. The smallest absolute Gasteiger partial charge is 0.443 e. The van der Waals surface area contributed by atoms with Crippen molar-refractivity contribution < 1.29 is 38.1 Å². The zero-order chi connectivity index (χ0) is 17.3. The van der Waals surface area contributed by atoms with Gasteiger partial charge in [-0.25, -0.2) is 9.59 Å². The lowest BCUT2D eigenvalue weighted by molar-refractivity contribution is -0.256. The highest BCUT2D eigenvalue weighted by Crippen LogP contribution is 2.36. The number of amides is 1. The molecule has 0 radical (unpaired) electrons. The van der Waals surface area contributed by atoms with Crippen molar-refractivity contribution in [1.82, 2.24) is 4.90 Å². The molecule has 0 N–H and O–H groups in total. The summed E-state index contributed by atoms with van der Waals surface area (Å²) in [5, 5.41) is 0. The van der Waals surface area contributed by atoms with E-state index in [4.69, 9.17) is 18.9 Å². The van der Waals surface area contributed by atoms with E-state index in [1.54, 1.807) is 43.4 Å². The number of esters is 3. The Balaban J connectivity index is 3.27. The molecule has 1 heterocycles. The van der Waals surface area contributed by atoms with Crippen LogP contribution in [0.4, 0.5) is 4.79 Å². The molecule has 22 heavy (non-hydrogen) atoms. The number of alkyl halides is 1. The van der Waals surface area contributed by atoms with Crippen LogP contribution in [0.3, 0.4) is 0 Å². The number of carbonyl (C=O) groups excluding carboxylic acids is 4. The first-order chi connectivity index (χ1) is 9.89. The molecule has 1 amide bonds. The maximum absolute atomic E-state index is 12.3. The molecule has 1 aliphatic rings. The summed E-state index contributed by atoms with van der Waals surface area (Å²) in [5.41, 5.74) is -0.892. The van der Waals surface area contributed by atoms with E-state index < -0.39 is 39.7 Å². The van der Waals surface area contributed by atoms with Crippen molar-refractivity contribution in [2.75, 3.05) is 0 Å². The van der Waals surface area contributed by atoms with E-state index in [9.17, 15) is 19.2 Å². The molecule has 0 aromatic rings. The quantitative estimate of drug-likeness (QED) is 0.161. The first-order valence-corrected chi connectivity index (χ1v) is 7.40. The van der Waals surface area contributed by atoms with Crippen LogP contribution in [-0.2, 0) is 33.3 Å². The average Bonchev–Trinajstić information content (AvgIpc) is 2.45. The second-order valence-corrected chi connectivity index (χ2v) is 6.38. The summed E-state index contributed by atoms with van der Waals surface area (Å²) in [6, 6.07) is 0. The Bertz CT molecular complexity index is 496. The van der Waals surface area contributed by atoms with E-state index in [-0.39, 0.29) is 0 Å². The lowest BCUT2D eigenvalue weighted by Crippen LogP contribution is -2.58. The highest BCUT2D eigenvalue weighted by Gasteiger charge is 2.65. The van der Waals surface area contributed by atoms with Gasteiger partial charge in [0.15, 0.2) is 0 Å². The van der Waals surface area contributed by atoms with Gasteiger partial charge in [-0.3, -0.25) is 9.59 Å². The molecule has 0 spiro atoms. The zero-order valence-corrected chi connectivity index (χ0v) is 14.8. The molecule has 9 nitrogen and oxygen atoms in total. The minimum atomic E-state index is -2.63. The maximum atomic E-state index is 12.3. The lowest BCUT2D eigenvalue weighted by atomic mass is 10.2. The van der Waals surface area contributed by atoms with Crippen LogP contribution in [0.15, 0.2) is 0 Å². The van der Waals surface area contributed by atoms with Crippen LogP contribution in [0.5, 0.6) is 0 Å². The summed E-state index contributed by atoms with van der Waals surface area (Å²) >= 11 is 1.59. The summed E-state index contributed by atoms with van der Waals surface area (Å²) in [6.45, 7) is 6.79. The van der Waals surface area contributed by atoms with E-state index in [0.29, 0.717) is 4.90 Å². The van der Waals surface area contributed by atoms with Crippen molar-refractivity contribution in [2.24, 2.45) is 0 Å². The molecule has 0 bridgehead atoms. The van der Waals surface area contributed by atoms with Gasteiger partial charge in [-0.1, -0.05) is 0 Å². The first-order valence-electron chi connectivity index (χ1n) is 6.15. The fourth-order valence-corrected chi connectivity index (χ4v) is 2.38. The third-order valence-electron chi connectivity index (χ3n) is 2.14. The molecule has 124 valence electrons. The molecule has 0 saturated carbocycles. The number of cyclic esters (lactones) is 1. The van der Waals surface area contributed by atoms with E-state index in [2.05, 4.69) is 0 Å². The Morgan fingerprint density at radius 2 is 1.64 bits per heavy atom. The second kappa shape index (κ2) is 6.26. The zero-order valence-electron chi connectivity index (χ0n) is 12.7. The third kappa shape index (κ3) is 3.99. The molecular formula is C12H16INO8. The first kappa shape index (κ1) is 18.5.